The van der Waals surface area contributed by atoms with Gasteiger partial charge in [0, 0.05) is 17.3 Å². The van der Waals surface area contributed by atoms with Crippen molar-refractivity contribution in [2.45, 2.75) is 26.8 Å². The van der Waals surface area contributed by atoms with Gasteiger partial charge in [0.1, 0.15) is 6.04 Å². The molecule has 0 aliphatic heterocycles. The van der Waals surface area contributed by atoms with Crippen LogP contribution in [0.1, 0.15) is 19.4 Å². The van der Waals surface area contributed by atoms with Gasteiger partial charge in [-0.25, -0.2) is 4.79 Å². The molecule has 0 aromatic heterocycles. The molecule has 0 heterocycles. The molecule has 0 fully saturated rings. The van der Waals surface area contributed by atoms with Gasteiger partial charge in [-0.3, -0.25) is 10.1 Å². The maximum absolute atomic E-state index is 11.0. The number of nitro groups is 1. The van der Waals surface area contributed by atoms with E-state index in [1.807, 2.05) is 0 Å². The summed E-state index contributed by atoms with van der Waals surface area (Å²) in [5, 5.41) is 22.6. The van der Waals surface area contributed by atoms with Crippen LogP contribution >= 0.6 is 0 Å². The second kappa shape index (κ2) is 5.48. The van der Waals surface area contributed by atoms with Gasteiger partial charge >= 0.3 is 5.97 Å². The average Bonchev–Trinajstić information content (AvgIpc) is 2.24. The number of carboxylic acid groups (broad SMARTS) is 1. The van der Waals surface area contributed by atoms with E-state index in [1.54, 1.807) is 26.8 Å². The maximum Gasteiger partial charge on any atom is 0.326 e. The van der Waals surface area contributed by atoms with E-state index >= 15 is 0 Å². The average molecular weight is 252 g/mol. The molecule has 0 aliphatic carbocycles. The topological polar surface area (TPSA) is 92.5 Å². The molecule has 6 nitrogen and oxygen atoms in total. The molecule has 0 spiro atoms. The summed E-state index contributed by atoms with van der Waals surface area (Å²) in [6, 6.07) is 3.75. The molecule has 18 heavy (non-hydrogen) atoms. The molecule has 2 N–H and O–H groups in total. The van der Waals surface area contributed by atoms with E-state index < -0.39 is 16.9 Å². The minimum absolute atomic E-state index is 0.0250. The monoisotopic (exact) mass is 252 g/mol. The second-order valence-corrected chi connectivity index (χ2v) is 4.46. The Labute approximate surface area is 105 Å². The van der Waals surface area contributed by atoms with Crippen molar-refractivity contribution in [3.63, 3.8) is 0 Å². The Hall–Kier alpha value is -2.11. The van der Waals surface area contributed by atoms with Gasteiger partial charge in [-0.2, -0.15) is 0 Å². The van der Waals surface area contributed by atoms with Crippen LogP contribution in [0.2, 0.25) is 0 Å². The van der Waals surface area contributed by atoms with Gasteiger partial charge in [-0.15, -0.1) is 0 Å². The minimum atomic E-state index is -0.944. The highest BCUT2D eigenvalue weighted by atomic mass is 16.6. The number of rotatable bonds is 5. The van der Waals surface area contributed by atoms with Crippen LogP contribution in [0.25, 0.3) is 0 Å². The highest BCUT2D eigenvalue weighted by molar-refractivity contribution is 5.77. The molecule has 0 amide bonds. The van der Waals surface area contributed by atoms with Crippen LogP contribution in [0.3, 0.4) is 0 Å². The van der Waals surface area contributed by atoms with Gasteiger partial charge in [0.2, 0.25) is 0 Å². The predicted octanol–water partition coefficient (Wildman–Crippen LogP) is 2.42. The SMILES string of the molecule is Cc1cc(NC(C(=O)O)C(C)C)ccc1[N+](=O)[O-]. The smallest absolute Gasteiger partial charge is 0.326 e. The summed E-state index contributed by atoms with van der Waals surface area (Å²) in [4.78, 5) is 21.2. The Morgan fingerprint density at radius 3 is 2.44 bits per heavy atom. The zero-order valence-corrected chi connectivity index (χ0v) is 10.5. The Bertz CT molecular complexity index is 471. The molecule has 0 saturated heterocycles. The normalized spacial score (nSPS) is 12.2. The largest absolute Gasteiger partial charge is 0.480 e. The fourth-order valence-electron chi connectivity index (χ4n) is 1.64. The first kappa shape index (κ1) is 14.0. The third-order valence-electron chi connectivity index (χ3n) is 2.65. The molecule has 0 radical (unpaired) electrons. The number of nitrogens with one attached hydrogen (secondary N) is 1. The second-order valence-electron chi connectivity index (χ2n) is 4.46. The van der Waals surface area contributed by atoms with Crippen LogP contribution in [0.15, 0.2) is 18.2 Å². The molecule has 98 valence electrons. The Kier molecular flexibility index (Phi) is 4.25. The van der Waals surface area contributed by atoms with Crippen LogP contribution in [0.4, 0.5) is 11.4 Å². The summed E-state index contributed by atoms with van der Waals surface area (Å²) >= 11 is 0. The molecule has 0 aliphatic rings. The van der Waals surface area contributed by atoms with Gasteiger partial charge < -0.3 is 10.4 Å². The summed E-state index contributed by atoms with van der Waals surface area (Å²) in [5.41, 5.74) is 1.09. The van der Waals surface area contributed by atoms with Crippen molar-refractivity contribution in [3.8, 4) is 0 Å². The van der Waals surface area contributed by atoms with Crippen molar-refractivity contribution < 1.29 is 14.8 Å². The van der Waals surface area contributed by atoms with Crippen molar-refractivity contribution in [1.82, 2.24) is 0 Å². The predicted molar refractivity (Wildman–Crippen MR) is 67.7 cm³/mol. The van der Waals surface area contributed by atoms with E-state index in [0.717, 1.165) is 0 Å². The van der Waals surface area contributed by atoms with E-state index in [2.05, 4.69) is 5.32 Å². The number of aryl methyl sites for hydroxylation is 1. The number of nitrogens with zero attached hydrogens (tertiary/aromatic N) is 1. The van der Waals surface area contributed by atoms with E-state index in [9.17, 15) is 14.9 Å². The molecular weight excluding hydrogens is 236 g/mol. The van der Waals surface area contributed by atoms with Crippen molar-refractivity contribution in [2.75, 3.05) is 5.32 Å². The van der Waals surface area contributed by atoms with E-state index in [4.69, 9.17) is 5.11 Å². The number of carbonyl (C=O) groups is 1. The lowest BCUT2D eigenvalue weighted by Gasteiger charge is -2.19. The van der Waals surface area contributed by atoms with E-state index in [-0.39, 0.29) is 11.6 Å². The fraction of sp³-hybridized carbons (Fsp3) is 0.417. The Morgan fingerprint density at radius 1 is 1.44 bits per heavy atom. The van der Waals surface area contributed by atoms with Crippen molar-refractivity contribution in [3.05, 3.63) is 33.9 Å². The summed E-state index contributed by atoms with van der Waals surface area (Å²) in [5.74, 6) is -1.03. The van der Waals surface area contributed by atoms with Crippen LogP contribution in [0, 0.1) is 23.0 Å². The first-order valence-electron chi connectivity index (χ1n) is 5.57. The molecule has 6 heteroatoms. The molecule has 1 aromatic carbocycles. The van der Waals surface area contributed by atoms with Gasteiger partial charge in [0.25, 0.3) is 5.69 Å². The molecule has 1 aromatic rings. The summed E-state index contributed by atoms with van der Waals surface area (Å²) in [6.07, 6.45) is 0. The van der Waals surface area contributed by atoms with Crippen LogP contribution < -0.4 is 5.32 Å². The zero-order chi connectivity index (χ0) is 13.9. The number of aliphatic carboxylic acids is 1. The number of nitro benzene ring substituents is 1. The third-order valence-corrected chi connectivity index (χ3v) is 2.65. The Balaban J connectivity index is 2.95. The fourth-order valence-corrected chi connectivity index (χ4v) is 1.64. The molecule has 0 saturated carbocycles. The maximum atomic E-state index is 11.0. The Morgan fingerprint density at radius 2 is 2.06 bits per heavy atom. The van der Waals surface area contributed by atoms with Gasteiger partial charge in [-0.05, 0) is 25.0 Å². The lowest BCUT2D eigenvalue weighted by molar-refractivity contribution is -0.385. The van der Waals surface area contributed by atoms with Crippen molar-refractivity contribution in [2.24, 2.45) is 5.92 Å². The number of benzene rings is 1. The molecular formula is C12H16N2O4. The zero-order valence-electron chi connectivity index (χ0n) is 10.5. The number of hydrogen-bond acceptors (Lipinski definition) is 4. The van der Waals surface area contributed by atoms with Gasteiger partial charge in [0.05, 0.1) is 4.92 Å². The molecule has 1 unspecified atom stereocenters. The molecule has 0 bridgehead atoms. The minimum Gasteiger partial charge on any atom is -0.480 e. The number of hydrogen-bond donors (Lipinski definition) is 2. The van der Waals surface area contributed by atoms with Gasteiger partial charge in [-0.1, -0.05) is 13.8 Å². The van der Waals surface area contributed by atoms with E-state index in [1.165, 1.54) is 12.1 Å². The van der Waals surface area contributed by atoms with Gasteiger partial charge in [0.15, 0.2) is 0 Å². The standard InChI is InChI=1S/C12H16N2O4/c1-7(2)11(12(15)16)13-9-4-5-10(14(17)18)8(3)6-9/h4-7,11,13H,1-3H3,(H,15,16). The lowest BCUT2D eigenvalue weighted by Crippen LogP contribution is -2.34. The van der Waals surface area contributed by atoms with Crippen LogP contribution in [0.5, 0.6) is 0 Å². The highest BCUT2D eigenvalue weighted by Gasteiger charge is 2.21. The van der Waals surface area contributed by atoms with E-state index in [0.29, 0.717) is 11.3 Å². The van der Waals surface area contributed by atoms with Crippen molar-refractivity contribution >= 4 is 17.3 Å². The first-order chi connectivity index (χ1) is 8.32. The van der Waals surface area contributed by atoms with Crippen LogP contribution in [-0.4, -0.2) is 22.0 Å². The quantitative estimate of drug-likeness (QED) is 0.620. The third kappa shape index (κ3) is 3.19. The molecule has 1 rings (SSSR count). The highest BCUT2D eigenvalue weighted by Crippen LogP contribution is 2.22. The summed E-state index contributed by atoms with van der Waals surface area (Å²) in [7, 11) is 0. The number of carboxylic acids is 1. The van der Waals surface area contributed by atoms with Crippen LogP contribution in [-0.2, 0) is 4.79 Å². The number of anilines is 1. The summed E-state index contributed by atoms with van der Waals surface area (Å²) < 4.78 is 0. The first-order valence-corrected chi connectivity index (χ1v) is 5.57. The lowest BCUT2D eigenvalue weighted by atomic mass is 10.0. The van der Waals surface area contributed by atoms with Crippen molar-refractivity contribution in [1.29, 1.82) is 0 Å². The summed E-state index contributed by atoms with van der Waals surface area (Å²) in [6.45, 7) is 5.21. The molecule has 1 atom stereocenters.